The second kappa shape index (κ2) is 6.06. The molecule has 0 radical (unpaired) electrons. The average Bonchev–Trinajstić information content (AvgIpc) is 2.46. The largest absolute Gasteiger partial charge is 0.369 e. The molecular formula is C15H23N3O. The van der Waals surface area contributed by atoms with Gasteiger partial charge in [-0.25, -0.2) is 0 Å². The van der Waals surface area contributed by atoms with Crippen molar-refractivity contribution in [2.45, 2.75) is 19.8 Å². The summed E-state index contributed by atoms with van der Waals surface area (Å²) in [5, 5.41) is 3.35. The maximum Gasteiger partial charge on any atom is 0.220 e. The molecule has 4 heteroatoms. The molecule has 104 valence electrons. The van der Waals surface area contributed by atoms with E-state index in [4.69, 9.17) is 5.73 Å². The first-order valence-corrected chi connectivity index (χ1v) is 6.94. The number of nitrogens with two attached hydrogens (primary N) is 1. The predicted molar refractivity (Wildman–Crippen MR) is 78.3 cm³/mol. The number of amides is 1. The molecule has 19 heavy (non-hydrogen) atoms. The number of benzene rings is 1. The van der Waals surface area contributed by atoms with Gasteiger partial charge in [-0.1, -0.05) is 26.0 Å². The Morgan fingerprint density at radius 2 is 1.79 bits per heavy atom. The van der Waals surface area contributed by atoms with E-state index in [-0.39, 0.29) is 17.7 Å². The number of nitrogens with one attached hydrogen (secondary N) is 1. The fraction of sp³-hybridized carbons (Fsp3) is 0.533. The first-order valence-electron chi connectivity index (χ1n) is 6.94. The molecule has 1 aromatic rings. The molecule has 1 aliphatic heterocycles. The van der Waals surface area contributed by atoms with Gasteiger partial charge in [0, 0.05) is 37.8 Å². The third kappa shape index (κ3) is 3.26. The summed E-state index contributed by atoms with van der Waals surface area (Å²) in [4.78, 5) is 13.6. The molecule has 1 fully saturated rings. The van der Waals surface area contributed by atoms with Crippen LogP contribution in [0.15, 0.2) is 24.3 Å². The topological polar surface area (TPSA) is 58.4 Å². The lowest BCUT2D eigenvalue weighted by molar-refractivity contribution is -0.121. The van der Waals surface area contributed by atoms with Crippen molar-refractivity contribution in [2.75, 3.05) is 31.1 Å². The minimum atomic E-state index is -0.237. The molecule has 2 atom stereocenters. The Hall–Kier alpha value is -1.55. The zero-order valence-electron chi connectivity index (χ0n) is 11.7. The van der Waals surface area contributed by atoms with Gasteiger partial charge in [0.2, 0.25) is 5.91 Å². The Labute approximate surface area is 115 Å². The number of hydrogen-bond acceptors (Lipinski definition) is 3. The van der Waals surface area contributed by atoms with Crippen LogP contribution in [-0.4, -0.2) is 32.1 Å². The van der Waals surface area contributed by atoms with E-state index in [1.807, 2.05) is 6.92 Å². The smallest absolute Gasteiger partial charge is 0.220 e. The van der Waals surface area contributed by atoms with E-state index in [0.717, 1.165) is 26.2 Å². The first-order chi connectivity index (χ1) is 9.09. The van der Waals surface area contributed by atoms with Gasteiger partial charge in [0.15, 0.2) is 0 Å². The van der Waals surface area contributed by atoms with Crippen LogP contribution in [0, 0.1) is 5.92 Å². The lowest BCUT2D eigenvalue weighted by atomic mass is 9.88. The Kier molecular flexibility index (Phi) is 4.43. The summed E-state index contributed by atoms with van der Waals surface area (Å²) < 4.78 is 0. The highest BCUT2D eigenvalue weighted by molar-refractivity contribution is 5.77. The Bertz CT molecular complexity index is 424. The summed E-state index contributed by atoms with van der Waals surface area (Å²) in [7, 11) is 0. The van der Waals surface area contributed by atoms with E-state index in [1.54, 1.807) is 0 Å². The van der Waals surface area contributed by atoms with Gasteiger partial charge < -0.3 is 16.0 Å². The highest BCUT2D eigenvalue weighted by atomic mass is 16.1. The molecule has 1 saturated heterocycles. The fourth-order valence-corrected chi connectivity index (χ4v) is 2.45. The number of carbonyl (C=O) groups excluding carboxylic acids is 1. The number of hydrogen-bond donors (Lipinski definition) is 2. The van der Waals surface area contributed by atoms with Gasteiger partial charge in [0.25, 0.3) is 0 Å². The summed E-state index contributed by atoms with van der Waals surface area (Å²) in [6.07, 6.45) is 0. The summed E-state index contributed by atoms with van der Waals surface area (Å²) >= 11 is 0. The van der Waals surface area contributed by atoms with Crippen molar-refractivity contribution in [3.05, 3.63) is 29.8 Å². The fourth-order valence-electron chi connectivity index (χ4n) is 2.45. The maximum absolute atomic E-state index is 11.2. The van der Waals surface area contributed by atoms with E-state index < -0.39 is 0 Å². The van der Waals surface area contributed by atoms with Crippen LogP contribution in [0.1, 0.15) is 25.3 Å². The monoisotopic (exact) mass is 261 g/mol. The van der Waals surface area contributed by atoms with Crippen LogP contribution in [0.5, 0.6) is 0 Å². The van der Waals surface area contributed by atoms with E-state index in [2.05, 4.69) is 41.4 Å². The van der Waals surface area contributed by atoms with Gasteiger partial charge in [0.05, 0.1) is 0 Å². The third-order valence-electron chi connectivity index (χ3n) is 4.10. The molecule has 4 nitrogen and oxygen atoms in total. The molecule has 3 N–H and O–H groups in total. The Balaban J connectivity index is 2.07. The van der Waals surface area contributed by atoms with Crippen LogP contribution >= 0.6 is 0 Å². The van der Waals surface area contributed by atoms with Crippen LogP contribution < -0.4 is 16.0 Å². The van der Waals surface area contributed by atoms with Crippen molar-refractivity contribution < 1.29 is 4.79 Å². The Morgan fingerprint density at radius 3 is 2.32 bits per heavy atom. The van der Waals surface area contributed by atoms with Crippen LogP contribution in [-0.2, 0) is 4.79 Å². The Morgan fingerprint density at radius 1 is 1.21 bits per heavy atom. The van der Waals surface area contributed by atoms with Crippen LogP contribution in [0.25, 0.3) is 0 Å². The van der Waals surface area contributed by atoms with Gasteiger partial charge in [-0.15, -0.1) is 0 Å². The minimum Gasteiger partial charge on any atom is -0.369 e. The first kappa shape index (κ1) is 13.9. The highest BCUT2D eigenvalue weighted by Crippen LogP contribution is 2.26. The maximum atomic E-state index is 11.2. The normalized spacial score (nSPS) is 18.9. The molecule has 0 saturated carbocycles. The standard InChI is InChI=1S/C15H23N3O/c1-11(12(2)15(16)19)13-3-5-14(6-4-13)18-9-7-17-8-10-18/h3-6,11-12,17H,7-10H2,1-2H3,(H2,16,19)/t11-,12?/m0/s1. The van der Waals surface area contributed by atoms with E-state index in [9.17, 15) is 4.79 Å². The van der Waals surface area contributed by atoms with Crippen molar-refractivity contribution in [1.82, 2.24) is 5.32 Å². The summed E-state index contributed by atoms with van der Waals surface area (Å²) in [5.74, 6) is -0.210. The minimum absolute atomic E-state index is 0.134. The third-order valence-corrected chi connectivity index (χ3v) is 4.10. The zero-order valence-corrected chi connectivity index (χ0v) is 11.7. The van der Waals surface area contributed by atoms with Gasteiger partial charge in [-0.05, 0) is 23.6 Å². The molecule has 0 aromatic heterocycles. The second-order valence-electron chi connectivity index (χ2n) is 5.31. The summed E-state index contributed by atoms with van der Waals surface area (Å²) in [6, 6.07) is 8.51. The summed E-state index contributed by atoms with van der Waals surface area (Å²) in [6.45, 7) is 8.11. The summed E-state index contributed by atoms with van der Waals surface area (Å²) in [5.41, 5.74) is 7.79. The van der Waals surface area contributed by atoms with Crippen molar-refractivity contribution in [1.29, 1.82) is 0 Å². The van der Waals surface area contributed by atoms with E-state index in [0.29, 0.717) is 0 Å². The van der Waals surface area contributed by atoms with Crippen molar-refractivity contribution >= 4 is 11.6 Å². The van der Waals surface area contributed by atoms with Crippen LogP contribution in [0.3, 0.4) is 0 Å². The molecule has 1 aliphatic rings. The van der Waals surface area contributed by atoms with E-state index >= 15 is 0 Å². The van der Waals surface area contributed by atoms with Gasteiger partial charge in [0.1, 0.15) is 0 Å². The molecule has 1 unspecified atom stereocenters. The lowest BCUT2D eigenvalue weighted by Crippen LogP contribution is -2.43. The molecule has 0 aliphatic carbocycles. The van der Waals surface area contributed by atoms with Crippen LogP contribution in [0.2, 0.25) is 0 Å². The van der Waals surface area contributed by atoms with Gasteiger partial charge in [-0.3, -0.25) is 4.79 Å². The average molecular weight is 261 g/mol. The zero-order chi connectivity index (χ0) is 13.8. The number of anilines is 1. The van der Waals surface area contributed by atoms with Crippen molar-refractivity contribution in [2.24, 2.45) is 11.7 Å². The predicted octanol–water partition coefficient (Wildman–Crippen LogP) is 1.32. The molecule has 1 heterocycles. The molecule has 0 spiro atoms. The molecule has 0 bridgehead atoms. The molecule has 1 amide bonds. The number of rotatable bonds is 4. The molecule has 2 rings (SSSR count). The molecular weight excluding hydrogens is 238 g/mol. The quantitative estimate of drug-likeness (QED) is 0.859. The molecule has 1 aromatic carbocycles. The number of primary amides is 1. The van der Waals surface area contributed by atoms with Gasteiger partial charge in [-0.2, -0.15) is 0 Å². The van der Waals surface area contributed by atoms with E-state index in [1.165, 1.54) is 11.3 Å². The van der Waals surface area contributed by atoms with Gasteiger partial charge >= 0.3 is 0 Å². The lowest BCUT2D eigenvalue weighted by Gasteiger charge is -2.29. The van der Waals surface area contributed by atoms with Crippen molar-refractivity contribution in [3.8, 4) is 0 Å². The highest BCUT2D eigenvalue weighted by Gasteiger charge is 2.19. The number of nitrogens with zero attached hydrogens (tertiary/aromatic N) is 1. The van der Waals surface area contributed by atoms with Crippen molar-refractivity contribution in [3.63, 3.8) is 0 Å². The number of piperazine rings is 1. The second-order valence-corrected chi connectivity index (χ2v) is 5.31. The van der Waals surface area contributed by atoms with Crippen LogP contribution in [0.4, 0.5) is 5.69 Å². The number of carbonyl (C=O) groups is 1. The SMILES string of the molecule is CC(C(N)=O)[C@H](C)c1ccc(N2CCNCC2)cc1.